The summed E-state index contributed by atoms with van der Waals surface area (Å²) in [6, 6.07) is 9.43. The number of fused-ring (bicyclic) bond motifs is 1. The summed E-state index contributed by atoms with van der Waals surface area (Å²) < 4.78 is 24.1. The van der Waals surface area contributed by atoms with Gasteiger partial charge in [-0.1, -0.05) is 6.07 Å². The standard InChI is InChI=1S/C12H11N3O2S/c1-18(16,17)15-12-5-4-9(7-10(12)8-14-15)11-3-2-6-13-11/h2-8,13H,1H3. The first-order valence-corrected chi connectivity index (χ1v) is 7.22. The lowest BCUT2D eigenvalue weighted by atomic mass is 10.1. The molecule has 0 aliphatic heterocycles. The molecular weight excluding hydrogens is 250 g/mol. The highest BCUT2D eigenvalue weighted by molar-refractivity contribution is 7.89. The fourth-order valence-corrected chi connectivity index (χ4v) is 2.69. The second-order valence-corrected chi connectivity index (χ2v) is 5.92. The van der Waals surface area contributed by atoms with Gasteiger partial charge < -0.3 is 4.98 Å². The fourth-order valence-electron chi connectivity index (χ4n) is 1.95. The molecule has 2 aromatic heterocycles. The molecule has 1 N–H and O–H groups in total. The number of H-pyrrole nitrogens is 1. The Morgan fingerprint density at radius 1 is 1.28 bits per heavy atom. The van der Waals surface area contributed by atoms with Crippen LogP contribution in [0.15, 0.2) is 42.7 Å². The second-order valence-electron chi connectivity index (χ2n) is 4.11. The Hall–Kier alpha value is -2.08. The summed E-state index contributed by atoms with van der Waals surface area (Å²) >= 11 is 0. The molecule has 5 nitrogen and oxygen atoms in total. The van der Waals surface area contributed by atoms with E-state index in [1.165, 1.54) is 0 Å². The first kappa shape index (κ1) is 11.0. The maximum atomic E-state index is 11.5. The highest BCUT2D eigenvalue weighted by atomic mass is 32.2. The number of hydrogen-bond acceptors (Lipinski definition) is 3. The van der Waals surface area contributed by atoms with Crippen LogP contribution in [-0.4, -0.2) is 28.8 Å². The lowest BCUT2D eigenvalue weighted by Crippen LogP contribution is -2.10. The Bertz CT molecular complexity index is 801. The van der Waals surface area contributed by atoms with Crippen molar-refractivity contribution in [3.05, 3.63) is 42.7 Å². The van der Waals surface area contributed by atoms with E-state index in [9.17, 15) is 8.42 Å². The molecule has 0 unspecified atom stereocenters. The minimum absolute atomic E-state index is 0.591. The third kappa shape index (κ3) is 1.70. The Labute approximate surface area is 104 Å². The summed E-state index contributed by atoms with van der Waals surface area (Å²) in [5, 5.41) is 4.71. The molecule has 3 rings (SSSR count). The van der Waals surface area contributed by atoms with Gasteiger partial charge >= 0.3 is 0 Å². The first-order chi connectivity index (χ1) is 8.55. The van der Waals surface area contributed by atoms with E-state index in [1.807, 2.05) is 30.5 Å². The largest absolute Gasteiger partial charge is 0.361 e. The number of nitrogens with zero attached hydrogens (tertiary/aromatic N) is 2. The molecule has 92 valence electrons. The Morgan fingerprint density at radius 3 is 2.78 bits per heavy atom. The zero-order chi connectivity index (χ0) is 12.8. The van der Waals surface area contributed by atoms with Crippen LogP contribution in [0.2, 0.25) is 0 Å². The van der Waals surface area contributed by atoms with Gasteiger partial charge in [0.25, 0.3) is 10.0 Å². The van der Waals surface area contributed by atoms with E-state index in [0.717, 1.165) is 27.0 Å². The fraction of sp³-hybridized carbons (Fsp3) is 0.0833. The van der Waals surface area contributed by atoms with E-state index in [4.69, 9.17) is 0 Å². The minimum atomic E-state index is -3.35. The number of rotatable bonds is 2. The lowest BCUT2D eigenvalue weighted by Gasteiger charge is -2.01. The summed E-state index contributed by atoms with van der Waals surface area (Å²) in [5.74, 6) is 0. The normalized spacial score (nSPS) is 12.1. The van der Waals surface area contributed by atoms with Crippen molar-refractivity contribution in [3.63, 3.8) is 0 Å². The number of aromatic amines is 1. The molecule has 0 fully saturated rings. The third-order valence-electron chi connectivity index (χ3n) is 2.76. The van der Waals surface area contributed by atoms with Gasteiger partial charge in [0.15, 0.2) is 0 Å². The number of aromatic nitrogens is 3. The van der Waals surface area contributed by atoms with Crippen molar-refractivity contribution >= 4 is 20.9 Å². The van der Waals surface area contributed by atoms with Gasteiger partial charge in [-0.15, -0.1) is 0 Å². The van der Waals surface area contributed by atoms with Crippen LogP contribution in [0.1, 0.15) is 0 Å². The molecule has 0 radical (unpaired) electrons. The van der Waals surface area contributed by atoms with Crippen LogP contribution >= 0.6 is 0 Å². The molecule has 3 aromatic rings. The summed E-state index contributed by atoms with van der Waals surface area (Å²) in [7, 11) is -3.35. The van der Waals surface area contributed by atoms with Gasteiger partial charge in [-0.3, -0.25) is 0 Å². The van der Waals surface area contributed by atoms with Gasteiger partial charge in [0, 0.05) is 17.3 Å². The Kier molecular flexibility index (Phi) is 2.27. The lowest BCUT2D eigenvalue weighted by molar-refractivity contribution is 0.588. The molecule has 0 amide bonds. The van der Waals surface area contributed by atoms with Crippen LogP contribution < -0.4 is 0 Å². The molecule has 0 saturated carbocycles. The first-order valence-electron chi connectivity index (χ1n) is 5.38. The van der Waals surface area contributed by atoms with Gasteiger partial charge in [0.1, 0.15) is 0 Å². The van der Waals surface area contributed by atoms with Crippen molar-refractivity contribution < 1.29 is 8.42 Å². The maximum absolute atomic E-state index is 11.5. The van der Waals surface area contributed by atoms with E-state index in [0.29, 0.717) is 5.52 Å². The Morgan fingerprint density at radius 2 is 2.11 bits per heavy atom. The van der Waals surface area contributed by atoms with Gasteiger partial charge in [0.05, 0.1) is 18.0 Å². The molecule has 0 atom stereocenters. The molecule has 0 bridgehead atoms. The molecule has 18 heavy (non-hydrogen) atoms. The van der Waals surface area contributed by atoms with Crippen molar-refractivity contribution in [2.24, 2.45) is 0 Å². The van der Waals surface area contributed by atoms with E-state index >= 15 is 0 Å². The highest BCUT2D eigenvalue weighted by Gasteiger charge is 2.11. The van der Waals surface area contributed by atoms with Crippen molar-refractivity contribution in [1.82, 2.24) is 14.2 Å². The third-order valence-corrected chi connectivity index (χ3v) is 3.68. The van der Waals surface area contributed by atoms with Crippen LogP contribution in [0.3, 0.4) is 0 Å². The van der Waals surface area contributed by atoms with Crippen LogP contribution in [0.25, 0.3) is 22.2 Å². The maximum Gasteiger partial charge on any atom is 0.251 e. The molecule has 0 aliphatic carbocycles. The average molecular weight is 261 g/mol. The van der Waals surface area contributed by atoms with Crippen molar-refractivity contribution in [2.75, 3.05) is 6.26 Å². The van der Waals surface area contributed by atoms with Gasteiger partial charge in [0.2, 0.25) is 0 Å². The molecule has 0 aliphatic rings. The van der Waals surface area contributed by atoms with Gasteiger partial charge in [-0.05, 0) is 29.8 Å². The van der Waals surface area contributed by atoms with Crippen molar-refractivity contribution in [3.8, 4) is 11.3 Å². The summed E-state index contributed by atoms with van der Waals surface area (Å²) in [6.07, 6.45) is 4.54. The summed E-state index contributed by atoms with van der Waals surface area (Å²) in [5.41, 5.74) is 2.58. The highest BCUT2D eigenvalue weighted by Crippen LogP contribution is 2.23. The predicted octanol–water partition coefficient (Wildman–Crippen LogP) is 1.84. The molecule has 6 heteroatoms. The van der Waals surface area contributed by atoms with Crippen LogP contribution in [0.5, 0.6) is 0 Å². The zero-order valence-electron chi connectivity index (χ0n) is 9.66. The average Bonchev–Trinajstić information content (AvgIpc) is 2.96. The van der Waals surface area contributed by atoms with E-state index < -0.39 is 10.0 Å². The van der Waals surface area contributed by atoms with Crippen LogP contribution in [0.4, 0.5) is 0 Å². The van der Waals surface area contributed by atoms with E-state index in [2.05, 4.69) is 10.1 Å². The summed E-state index contributed by atoms with van der Waals surface area (Å²) in [4.78, 5) is 3.11. The van der Waals surface area contributed by atoms with E-state index in [-0.39, 0.29) is 0 Å². The Balaban J connectivity index is 2.22. The second kappa shape index (κ2) is 3.71. The minimum Gasteiger partial charge on any atom is -0.361 e. The van der Waals surface area contributed by atoms with Crippen molar-refractivity contribution in [1.29, 1.82) is 0 Å². The number of benzene rings is 1. The number of nitrogens with one attached hydrogen (secondary N) is 1. The SMILES string of the molecule is CS(=O)(=O)n1ncc2cc(-c3ccc[nH]3)ccc21. The van der Waals surface area contributed by atoms with E-state index in [1.54, 1.807) is 12.3 Å². The quantitative estimate of drug-likeness (QED) is 0.765. The zero-order valence-corrected chi connectivity index (χ0v) is 10.5. The molecule has 0 saturated heterocycles. The predicted molar refractivity (Wildman–Crippen MR) is 69.8 cm³/mol. The molecular formula is C12H11N3O2S. The number of hydrogen-bond donors (Lipinski definition) is 1. The topological polar surface area (TPSA) is 67.8 Å². The van der Waals surface area contributed by atoms with Crippen molar-refractivity contribution in [2.45, 2.75) is 0 Å². The molecule has 1 aromatic carbocycles. The van der Waals surface area contributed by atoms with Crippen LogP contribution in [-0.2, 0) is 10.0 Å². The smallest absolute Gasteiger partial charge is 0.251 e. The van der Waals surface area contributed by atoms with Crippen LogP contribution in [0, 0.1) is 0 Å². The van der Waals surface area contributed by atoms with Gasteiger partial charge in [-0.2, -0.15) is 9.19 Å². The molecule has 0 spiro atoms. The monoisotopic (exact) mass is 261 g/mol. The van der Waals surface area contributed by atoms with Gasteiger partial charge in [-0.25, -0.2) is 8.42 Å². The summed E-state index contributed by atoms with van der Waals surface area (Å²) in [6.45, 7) is 0. The molecule has 2 heterocycles.